The van der Waals surface area contributed by atoms with E-state index < -0.39 is 0 Å². The molecule has 0 aliphatic carbocycles. The molecule has 0 aromatic heterocycles. The zero-order chi connectivity index (χ0) is 14.7. The normalized spacial score (nSPS) is 16.9. The van der Waals surface area contributed by atoms with Gasteiger partial charge in [0.1, 0.15) is 0 Å². The minimum Gasteiger partial charge on any atom is -0.388 e. The van der Waals surface area contributed by atoms with Crippen LogP contribution in [0.1, 0.15) is 12.8 Å². The van der Waals surface area contributed by atoms with Gasteiger partial charge < -0.3 is 15.1 Å². The Morgan fingerprint density at radius 3 is 2.55 bits per heavy atom. The molecule has 1 heterocycles. The van der Waals surface area contributed by atoms with E-state index in [1.54, 1.807) is 19.2 Å². The second kappa shape index (κ2) is 6.09. The molecule has 110 valence electrons. The number of likely N-dealkylation sites (tertiary alicyclic amines) is 1. The highest BCUT2D eigenvalue weighted by Crippen LogP contribution is 2.29. The number of nitro groups is 1. The van der Waals surface area contributed by atoms with Gasteiger partial charge in [-0.2, -0.15) is 0 Å². The molecule has 1 N–H and O–H groups in total. The second-order valence-electron chi connectivity index (χ2n) is 5.39. The lowest BCUT2D eigenvalue weighted by atomic mass is 10.0. The summed E-state index contributed by atoms with van der Waals surface area (Å²) in [7, 11) is 5.93. The monoisotopic (exact) mass is 278 g/mol. The molecule has 1 aliphatic heterocycles. The van der Waals surface area contributed by atoms with Crippen LogP contribution in [0.25, 0.3) is 0 Å². The van der Waals surface area contributed by atoms with E-state index in [4.69, 9.17) is 0 Å². The Morgan fingerprint density at radius 1 is 1.35 bits per heavy atom. The summed E-state index contributed by atoms with van der Waals surface area (Å²) >= 11 is 0. The van der Waals surface area contributed by atoms with Crippen LogP contribution in [0.15, 0.2) is 18.2 Å². The number of anilines is 2. The molecular weight excluding hydrogens is 256 g/mol. The summed E-state index contributed by atoms with van der Waals surface area (Å²) in [5, 5.41) is 14.0. The molecule has 1 saturated heterocycles. The Kier molecular flexibility index (Phi) is 4.44. The predicted molar refractivity (Wildman–Crippen MR) is 81.6 cm³/mol. The van der Waals surface area contributed by atoms with Gasteiger partial charge in [-0.1, -0.05) is 0 Å². The molecule has 1 aromatic rings. The van der Waals surface area contributed by atoms with Crippen molar-refractivity contribution in [2.75, 3.05) is 44.4 Å². The van der Waals surface area contributed by atoms with Crippen LogP contribution in [0.5, 0.6) is 0 Å². The molecule has 6 nitrogen and oxygen atoms in total. The maximum absolute atomic E-state index is 11.0. The van der Waals surface area contributed by atoms with Gasteiger partial charge in [0, 0.05) is 43.6 Å². The molecule has 2 rings (SSSR count). The topological polar surface area (TPSA) is 61.6 Å². The molecule has 0 bridgehead atoms. The first kappa shape index (κ1) is 14.6. The van der Waals surface area contributed by atoms with E-state index in [2.05, 4.69) is 22.2 Å². The van der Waals surface area contributed by atoms with Gasteiger partial charge >= 0.3 is 0 Å². The number of non-ortho nitro benzene ring substituents is 1. The van der Waals surface area contributed by atoms with Gasteiger partial charge in [-0.3, -0.25) is 10.1 Å². The lowest BCUT2D eigenvalue weighted by Crippen LogP contribution is -2.42. The summed E-state index contributed by atoms with van der Waals surface area (Å²) in [6.45, 7) is 2.14. The van der Waals surface area contributed by atoms with Crippen molar-refractivity contribution in [1.82, 2.24) is 4.90 Å². The summed E-state index contributed by atoms with van der Waals surface area (Å²) in [4.78, 5) is 15.2. The fourth-order valence-electron chi connectivity index (χ4n) is 2.64. The van der Waals surface area contributed by atoms with Crippen LogP contribution in [-0.4, -0.2) is 50.1 Å². The maximum Gasteiger partial charge on any atom is 0.273 e. The lowest BCUT2D eigenvalue weighted by molar-refractivity contribution is -0.384. The van der Waals surface area contributed by atoms with Crippen molar-refractivity contribution in [2.45, 2.75) is 18.9 Å². The fraction of sp³-hybridized carbons (Fsp3) is 0.571. The summed E-state index contributed by atoms with van der Waals surface area (Å²) in [6, 6.07) is 5.62. The molecule has 0 unspecified atom stereocenters. The molecule has 0 radical (unpaired) electrons. The van der Waals surface area contributed by atoms with Crippen LogP contribution in [0.2, 0.25) is 0 Å². The number of hydrogen-bond donors (Lipinski definition) is 1. The van der Waals surface area contributed by atoms with Crippen LogP contribution >= 0.6 is 0 Å². The van der Waals surface area contributed by atoms with E-state index in [1.807, 2.05) is 13.1 Å². The van der Waals surface area contributed by atoms with Crippen molar-refractivity contribution < 1.29 is 4.92 Å². The van der Waals surface area contributed by atoms with E-state index in [-0.39, 0.29) is 10.6 Å². The van der Waals surface area contributed by atoms with Gasteiger partial charge in [0.15, 0.2) is 0 Å². The number of nitrogens with one attached hydrogen (secondary N) is 1. The summed E-state index contributed by atoms with van der Waals surface area (Å²) in [6.07, 6.45) is 2.18. The zero-order valence-electron chi connectivity index (χ0n) is 12.3. The number of rotatable bonds is 4. The number of piperidine rings is 1. The molecule has 20 heavy (non-hydrogen) atoms. The van der Waals surface area contributed by atoms with Crippen LogP contribution < -0.4 is 10.2 Å². The van der Waals surface area contributed by atoms with Gasteiger partial charge in [-0.25, -0.2) is 0 Å². The Bertz CT molecular complexity index is 484. The van der Waals surface area contributed by atoms with Crippen molar-refractivity contribution >= 4 is 17.1 Å². The molecule has 0 amide bonds. The van der Waals surface area contributed by atoms with Gasteiger partial charge in [0.2, 0.25) is 0 Å². The molecule has 1 fully saturated rings. The zero-order valence-corrected chi connectivity index (χ0v) is 12.3. The van der Waals surface area contributed by atoms with Crippen molar-refractivity contribution in [3.63, 3.8) is 0 Å². The predicted octanol–water partition coefficient (Wildman–Crippen LogP) is 2.17. The van der Waals surface area contributed by atoms with Crippen molar-refractivity contribution in [3.05, 3.63) is 28.3 Å². The number of nitro benzene ring substituents is 1. The maximum atomic E-state index is 11.0. The Balaban J connectivity index is 2.22. The Labute approximate surface area is 119 Å². The Morgan fingerprint density at radius 2 is 2.00 bits per heavy atom. The summed E-state index contributed by atoms with van der Waals surface area (Å²) < 4.78 is 0. The molecule has 0 spiro atoms. The Hall–Kier alpha value is -1.82. The lowest BCUT2D eigenvalue weighted by Gasteiger charge is -2.36. The van der Waals surface area contributed by atoms with Crippen molar-refractivity contribution in [1.29, 1.82) is 0 Å². The van der Waals surface area contributed by atoms with E-state index in [0.29, 0.717) is 6.04 Å². The largest absolute Gasteiger partial charge is 0.388 e. The number of benzene rings is 1. The van der Waals surface area contributed by atoms with Gasteiger partial charge in [-0.05, 0) is 39.0 Å². The highest BCUT2D eigenvalue weighted by Gasteiger charge is 2.22. The first-order chi connectivity index (χ1) is 9.51. The molecular formula is C14H22N4O2. The van der Waals surface area contributed by atoms with Crippen LogP contribution in [0.3, 0.4) is 0 Å². The average Bonchev–Trinajstić information content (AvgIpc) is 2.46. The first-order valence-electron chi connectivity index (χ1n) is 6.90. The molecule has 0 saturated carbocycles. The van der Waals surface area contributed by atoms with Gasteiger partial charge in [0.25, 0.3) is 5.69 Å². The summed E-state index contributed by atoms with van der Waals surface area (Å²) in [5.74, 6) is 0. The third-order valence-electron chi connectivity index (χ3n) is 4.05. The highest BCUT2D eigenvalue weighted by molar-refractivity contribution is 5.64. The van der Waals surface area contributed by atoms with Crippen LogP contribution in [-0.2, 0) is 0 Å². The van der Waals surface area contributed by atoms with Crippen LogP contribution in [0, 0.1) is 10.1 Å². The standard InChI is InChI=1S/C14H22N4O2/c1-15-11-8-13(10-14(9-11)18(19)20)17(3)12-4-6-16(2)7-5-12/h8-10,12,15H,4-7H2,1-3H3. The van der Waals surface area contributed by atoms with Gasteiger partial charge in [-0.15, -0.1) is 0 Å². The average molecular weight is 278 g/mol. The second-order valence-corrected chi connectivity index (χ2v) is 5.39. The minimum atomic E-state index is -0.340. The minimum absolute atomic E-state index is 0.131. The third kappa shape index (κ3) is 3.19. The number of hydrogen-bond acceptors (Lipinski definition) is 5. The molecule has 6 heteroatoms. The van der Waals surface area contributed by atoms with Crippen LogP contribution in [0.4, 0.5) is 17.1 Å². The first-order valence-corrected chi connectivity index (χ1v) is 6.90. The van der Waals surface area contributed by atoms with E-state index in [9.17, 15) is 10.1 Å². The quantitative estimate of drug-likeness (QED) is 0.675. The van der Waals surface area contributed by atoms with Crippen molar-refractivity contribution in [3.8, 4) is 0 Å². The fourth-order valence-corrected chi connectivity index (χ4v) is 2.64. The number of nitrogens with zero attached hydrogens (tertiary/aromatic N) is 3. The molecule has 0 atom stereocenters. The molecule has 1 aromatic carbocycles. The van der Waals surface area contributed by atoms with E-state index in [1.165, 1.54) is 0 Å². The molecule has 1 aliphatic rings. The summed E-state index contributed by atoms with van der Waals surface area (Å²) in [5.41, 5.74) is 1.80. The van der Waals surface area contributed by atoms with E-state index in [0.717, 1.165) is 37.3 Å². The smallest absolute Gasteiger partial charge is 0.273 e. The SMILES string of the molecule is CNc1cc(N(C)C2CCN(C)CC2)cc([N+](=O)[O-])c1. The third-order valence-corrected chi connectivity index (χ3v) is 4.05. The van der Waals surface area contributed by atoms with Crippen molar-refractivity contribution in [2.24, 2.45) is 0 Å². The van der Waals surface area contributed by atoms with E-state index >= 15 is 0 Å². The highest BCUT2D eigenvalue weighted by atomic mass is 16.6. The van der Waals surface area contributed by atoms with Gasteiger partial charge in [0.05, 0.1) is 4.92 Å².